The van der Waals surface area contributed by atoms with Gasteiger partial charge in [0.1, 0.15) is 5.75 Å². The van der Waals surface area contributed by atoms with Gasteiger partial charge in [-0.25, -0.2) is 0 Å². The molecule has 0 amide bonds. The molecule has 1 aromatic rings. The van der Waals surface area contributed by atoms with Crippen LogP contribution in [0.5, 0.6) is 5.75 Å². The Morgan fingerprint density at radius 1 is 1.37 bits per heavy atom. The molecule has 0 saturated heterocycles. The molecule has 0 bridgehead atoms. The van der Waals surface area contributed by atoms with Crippen LogP contribution in [0.3, 0.4) is 0 Å². The number of hydrogen-bond donors (Lipinski definition) is 0. The van der Waals surface area contributed by atoms with Crippen molar-refractivity contribution in [3.63, 3.8) is 0 Å². The molecule has 0 radical (unpaired) electrons. The summed E-state index contributed by atoms with van der Waals surface area (Å²) in [5.41, 5.74) is 1.47. The molecule has 0 heterocycles. The van der Waals surface area contributed by atoms with Gasteiger partial charge in [-0.05, 0) is 31.0 Å². The van der Waals surface area contributed by atoms with Gasteiger partial charge in [0.25, 0.3) is 0 Å². The number of rotatable bonds is 4. The van der Waals surface area contributed by atoms with Crippen molar-refractivity contribution in [2.24, 2.45) is 0 Å². The van der Waals surface area contributed by atoms with E-state index in [1.165, 1.54) is 19.3 Å². The highest BCUT2D eigenvalue weighted by Gasteiger charge is 2.21. The lowest BCUT2D eigenvalue weighted by atomic mass is 10.0. The van der Waals surface area contributed by atoms with Gasteiger partial charge in [-0.3, -0.25) is 4.21 Å². The van der Waals surface area contributed by atoms with Gasteiger partial charge in [0.2, 0.25) is 0 Å². The number of benzene rings is 1. The lowest BCUT2D eigenvalue weighted by Crippen LogP contribution is -2.20. The lowest BCUT2D eigenvalue weighted by Gasteiger charge is -2.21. The Morgan fingerprint density at radius 3 is 2.74 bits per heavy atom. The summed E-state index contributed by atoms with van der Waals surface area (Å²) in [7, 11) is 0.737. The molecule has 1 atom stereocenters. The fourth-order valence-corrected chi connectivity index (χ4v) is 4.19. The van der Waals surface area contributed by atoms with Gasteiger partial charge in [-0.1, -0.05) is 19.3 Å². The molecule has 0 N–H and O–H groups in total. The molecule has 1 aromatic carbocycles. The third-order valence-electron chi connectivity index (χ3n) is 3.63. The number of nitriles is 1. The second-order valence-corrected chi connectivity index (χ2v) is 6.64. The van der Waals surface area contributed by atoms with Crippen molar-refractivity contribution in [2.45, 2.75) is 43.1 Å². The minimum absolute atomic E-state index is 0.309. The number of ether oxygens (including phenoxy) is 1. The predicted octanol–water partition coefficient (Wildman–Crippen LogP) is 3.15. The Bertz CT molecular complexity index is 501. The van der Waals surface area contributed by atoms with Crippen LogP contribution >= 0.6 is 0 Å². The van der Waals surface area contributed by atoms with E-state index in [9.17, 15) is 4.21 Å². The Labute approximate surface area is 117 Å². The quantitative estimate of drug-likeness (QED) is 0.849. The molecular weight excluding hydrogens is 258 g/mol. The van der Waals surface area contributed by atoms with E-state index in [1.54, 1.807) is 25.3 Å². The van der Waals surface area contributed by atoms with E-state index in [-0.39, 0.29) is 0 Å². The Balaban J connectivity index is 2.12. The lowest BCUT2D eigenvalue weighted by molar-refractivity contribution is 0.411. The summed E-state index contributed by atoms with van der Waals surface area (Å²) in [6, 6.07) is 7.42. The first kappa shape index (κ1) is 14.1. The van der Waals surface area contributed by atoms with Crippen molar-refractivity contribution in [1.82, 2.24) is 0 Å². The zero-order valence-electron chi connectivity index (χ0n) is 11.2. The van der Waals surface area contributed by atoms with Crippen molar-refractivity contribution in [3.05, 3.63) is 29.3 Å². The first-order valence-corrected chi connectivity index (χ1v) is 8.07. The van der Waals surface area contributed by atoms with Crippen molar-refractivity contribution in [3.8, 4) is 11.8 Å². The molecule has 0 aliphatic heterocycles. The fourth-order valence-electron chi connectivity index (χ4n) is 2.56. The van der Waals surface area contributed by atoms with Gasteiger partial charge in [-0.2, -0.15) is 5.26 Å². The zero-order valence-corrected chi connectivity index (χ0v) is 12.0. The average Bonchev–Trinajstić information content (AvgIpc) is 2.48. The summed E-state index contributed by atoms with van der Waals surface area (Å²) in [5.74, 6) is 1.21. The van der Waals surface area contributed by atoms with Gasteiger partial charge in [0, 0.05) is 21.6 Å². The van der Waals surface area contributed by atoms with Crippen LogP contribution < -0.4 is 4.74 Å². The molecule has 1 saturated carbocycles. The molecule has 19 heavy (non-hydrogen) atoms. The van der Waals surface area contributed by atoms with Crippen LogP contribution in [-0.4, -0.2) is 16.6 Å². The molecule has 1 aliphatic carbocycles. The van der Waals surface area contributed by atoms with Crippen LogP contribution in [-0.2, 0) is 16.6 Å². The van der Waals surface area contributed by atoms with Crippen LogP contribution in [0.1, 0.15) is 43.2 Å². The van der Waals surface area contributed by atoms with E-state index in [0.717, 1.165) is 24.2 Å². The molecule has 102 valence electrons. The van der Waals surface area contributed by atoms with Crippen molar-refractivity contribution in [1.29, 1.82) is 5.26 Å². The zero-order chi connectivity index (χ0) is 13.7. The van der Waals surface area contributed by atoms with Crippen LogP contribution in [0.25, 0.3) is 0 Å². The summed E-state index contributed by atoms with van der Waals surface area (Å²) >= 11 is 0. The van der Waals surface area contributed by atoms with E-state index in [2.05, 4.69) is 6.07 Å². The second-order valence-electron chi connectivity index (χ2n) is 4.92. The van der Waals surface area contributed by atoms with E-state index in [0.29, 0.717) is 16.6 Å². The maximum Gasteiger partial charge on any atom is 0.123 e. The highest BCUT2D eigenvalue weighted by atomic mass is 32.2. The van der Waals surface area contributed by atoms with E-state index in [1.807, 2.05) is 0 Å². The molecule has 1 unspecified atom stereocenters. The maximum absolute atomic E-state index is 12.4. The van der Waals surface area contributed by atoms with Gasteiger partial charge in [0.05, 0.1) is 24.5 Å². The van der Waals surface area contributed by atoms with Gasteiger partial charge < -0.3 is 4.74 Å². The number of methoxy groups -OCH3 is 1. The molecule has 0 aromatic heterocycles. The minimum Gasteiger partial charge on any atom is -0.496 e. The first-order valence-electron chi connectivity index (χ1n) is 6.69. The Morgan fingerprint density at radius 2 is 2.11 bits per heavy atom. The fraction of sp³-hybridized carbons (Fsp3) is 0.533. The topological polar surface area (TPSA) is 50.1 Å². The highest BCUT2D eigenvalue weighted by molar-refractivity contribution is 7.84. The smallest absolute Gasteiger partial charge is 0.123 e. The molecule has 0 spiro atoms. The third kappa shape index (κ3) is 3.57. The average molecular weight is 277 g/mol. The molecule has 1 fully saturated rings. The van der Waals surface area contributed by atoms with Crippen molar-refractivity contribution < 1.29 is 8.95 Å². The maximum atomic E-state index is 12.4. The first-order chi connectivity index (χ1) is 9.24. The largest absolute Gasteiger partial charge is 0.496 e. The summed E-state index contributed by atoms with van der Waals surface area (Å²) < 4.78 is 17.7. The number of nitrogens with zero attached hydrogens (tertiary/aromatic N) is 1. The van der Waals surface area contributed by atoms with Crippen LogP contribution in [0, 0.1) is 11.3 Å². The van der Waals surface area contributed by atoms with Gasteiger partial charge >= 0.3 is 0 Å². The van der Waals surface area contributed by atoms with Crippen LogP contribution in [0.4, 0.5) is 0 Å². The normalized spacial score (nSPS) is 17.7. The highest BCUT2D eigenvalue weighted by Crippen LogP contribution is 2.27. The summed E-state index contributed by atoms with van der Waals surface area (Å²) in [4.78, 5) is 0. The minimum atomic E-state index is -0.869. The standard InChI is InChI=1S/C15H19NO2S/c1-18-15-8-7-12(10-16)9-13(15)11-19(17)14-5-3-2-4-6-14/h7-9,14H,2-6,11H2,1H3. The summed E-state index contributed by atoms with van der Waals surface area (Å²) in [5, 5.41) is 9.25. The Hall–Kier alpha value is -1.34. The van der Waals surface area contributed by atoms with E-state index in [4.69, 9.17) is 10.00 Å². The number of hydrogen-bond acceptors (Lipinski definition) is 3. The molecule has 2 rings (SSSR count). The van der Waals surface area contributed by atoms with Gasteiger partial charge in [0.15, 0.2) is 0 Å². The van der Waals surface area contributed by atoms with E-state index >= 15 is 0 Å². The van der Waals surface area contributed by atoms with Gasteiger partial charge in [-0.15, -0.1) is 0 Å². The predicted molar refractivity (Wildman–Crippen MR) is 76.4 cm³/mol. The van der Waals surface area contributed by atoms with Crippen molar-refractivity contribution >= 4 is 10.8 Å². The Kier molecular flexibility index (Phi) is 4.98. The molecule has 3 nitrogen and oxygen atoms in total. The van der Waals surface area contributed by atoms with Crippen molar-refractivity contribution in [2.75, 3.05) is 7.11 Å². The van der Waals surface area contributed by atoms with Crippen LogP contribution in [0.15, 0.2) is 18.2 Å². The van der Waals surface area contributed by atoms with E-state index < -0.39 is 10.8 Å². The summed E-state index contributed by atoms with van der Waals surface area (Å²) in [6.45, 7) is 0. The summed E-state index contributed by atoms with van der Waals surface area (Å²) in [6.07, 6.45) is 5.76. The third-order valence-corrected chi connectivity index (χ3v) is 5.44. The molecule has 4 heteroatoms. The second kappa shape index (κ2) is 6.72. The molecular formula is C15H19NO2S. The van der Waals surface area contributed by atoms with Crippen LogP contribution in [0.2, 0.25) is 0 Å². The SMILES string of the molecule is COc1ccc(C#N)cc1CS(=O)C1CCCCC1. The molecule has 1 aliphatic rings. The monoisotopic (exact) mass is 277 g/mol.